The zero-order valence-corrected chi connectivity index (χ0v) is 17.1. The molecule has 28 heavy (non-hydrogen) atoms. The van der Waals surface area contributed by atoms with Gasteiger partial charge in [-0.1, -0.05) is 43.6 Å². The summed E-state index contributed by atoms with van der Waals surface area (Å²) in [5.41, 5.74) is 1.98. The molecule has 6 heteroatoms. The van der Waals surface area contributed by atoms with Crippen LogP contribution < -0.4 is 0 Å². The first-order chi connectivity index (χ1) is 13.5. The Hall–Kier alpha value is -2.27. The van der Waals surface area contributed by atoms with Crippen LogP contribution >= 0.6 is 11.6 Å². The maximum Gasteiger partial charge on any atom is 0.243 e. The molecule has 0 spiro atoms. The molecule has 5 nitrogen and oxygen atoms in total. The van der Waals surface area contributed by atoms with Crippen molar-refractivity contribution in [3.63, 3.8) is 0 Å². The fraction of sp³-hybridized carbons (Fsp3) is 0.455. The van der Waals surface area contributed by atoms with E-state index in [0.717, 1.165) is 30.6 Å². The zero-order chi connectivity index (χ0) is 19.8. The summed E-state index contributed by atoms with van der Waals surface area (Å²) in [4.78, 5) is 29.7. The molecule has 2 heterocycles. The van der Waals surface area contributed by atoms with Gasteiger partial charge in [-0.3, -0.25) is 9.59 Å². The summed E-state index contributed by atoms with van der Waals surface area (Å²) in [7, 11) is 0. The zero-order valence-electron chi connectivity index (χ0n) is 16.3. The lowest BCUT2D eigenvalue weighted by Crippen LogP contribution is -2.49. The van der Waals surface area contributed by atoms with Crippen molar-refractivity contribution in [1.29, 1.82) is 0 Å². The quantitative estimate of drug-likeness (QED) is 0.769. The lowest BCUT2D eigenvalue weighted by molar-refractivity contribution is -0.144. The van der Waals surface area contributed by atoms with Crippen LogP contribution in [-0.2, 0) is 16.1 Å². The first-order valence-electron chi connectivity index (χ1n) is 9.96. The van der Waals surface area contributed by atoms with Crippen molar-refractivity contribution in [2.75, 3.05) is 13.1 Å². The molecular formula is C22H26ClN3O2. The van der Waals surface area contributed by atoms with E-state index in [1.807, 2.05) is 61.3 Å². The van der Waals surface area contributed by atoms with E-state index in [1.165, 1.54) is 0 Å². The van der Waals surface area contributed by atoms with Gasteiger partial charge in [-0.25, -0.2) is 0 Å². The second-order valence-electron chi connectivity index (χ2n) is 7.99. The Kier molecular flexibility index (Phi) is 5.19. The molecule has 0 radical (unpaired) electrons. The minimum atomic E-state index is -0.236. The van der Waals surface area contributed by atoms with E-state index in [9.17, 15) is 9.59 Å². The summed E-state index contributed by atoms with van der Waals surface area (Å²) < 4.78 is 2.18. The molecular weight excluding hydrogens is 374 g/mol. The third kappa shape index (κ3) is 3.55. The maximum absolute atomic E-state index is 13.4. The molecule has 1 atom stereocenters. The number of hydrogen-bond donors (Lipinski definition) is 0. The van der Waals surface area contributed by atoms with Crippen LogP contribution in [0.4, 0.5) is 0 Å². The summed E-state index contributed by atoms with van der Waals surface area (Å²) in [5.74, 6) is -0.0600. The van der Waals surface area contributed by atoms with Gasteiger partial charge < -0.3 is 14.4 Å². The Labute approximate surface area is 170 Å². The molecule has 1 saturated carbocycles. The van der Waals surface area contributed by atoms with Gasteiger partial charge in [0.15, 0.2) is 0 Å². The highest BCUT2D eigenvalue weighted by Crippen LogP contribution is 2.36. The lowest BCUT2D eigenvalue weighted by Gasteiger charge is -2.39. The largest absolute Gasteiger partial charge is 0.348 e. The number of nitrogens with zero attached hydrogens (tertiary/aromatic N) is 3. The summed E-state index contributed by atoms with van der Waals surface area (Å²) >= 11 is 6.51. The molecule has 0 unspecified atom stereocenters. The van der Waals surface area contributed by atoms with Gasteiger partial charge in [0.1, 0.15) is 6.54 Å². The molecule has 1 aromatic carbocycles. The molecule has 148 valence electrons. The van der Waals surface area contributed by atoms with Crippen molar-refractivity contribution in [3.05, 3.63) is 58.9 Å². The molecule has 0 bridgehead atoms. The molecule has 0 saturated heterocycles. The Balaban J connectivity index is 1.64. The van der Waals surface area contributed by atoms with Gasteiger partial charge in [0.25, 0.3) is 0 Å². The average Bonchev–Trinajstić information content (AvgIpc) is 3.41. The predicted octanol–water partition coefficient (Wildman–Crippen LogP) is 3.72. The maximum atomic E-state index is 13.4. The van der Waals surface area contributed by atoms with Gasteiger partial charge >= 0.3 is 0 Å². The first-order valence-corrected chi connectivity index (χ1v) is 10.3. The van der Waals surface area contributed by atoms with Crippen molar-refractivity contribution < 1.29 is 9.59 Å². The standard InChI is InChI=1S/C22H26ClN3O2/c1-15(2)22(28)26(16-9-10-16)14-20(27)25-13-12-24-11-5-8-19(24)21(25)17-6-3-4-7-18(17)23/h3-8,11,15-16,21H,9-10,12-14H2,1-2H3/t21-/m0/s1. The van der Waals surface area contributed by atoms with Crippen molar-refractivity contribution in [2.45, 2.75) is 45.3 Å². The van der Waals surface area contributed by atoms with Gasteiger partial charge in [-0.2, -0.15) is 0 Å². The first kappa shape index (κ1) is 19.1. The topological polar surface area (TPSA) is 45.6 Å². The van der Waals surface area contributed by atoms with Gasteiger partial charge in [0, 0.05) is 42.0 Å². The van der Waals surface area contributed by atoms with Crippen LogP contribution in [0.5, 0.6) is 0 Å². The van der Waals surface area contributed by atoms with Crippen LogP contribution in [0.2, 0.25) is 5.02 Å². The van der Waals surface area contributed by atoms with E-state index in [2.05, 4.69) is 4.57 Å². The van der Waals surface area contributed by atoms with Crippen molar-refractivity contribution in [3.8, 4) is 0 Å². The Morgan fingerprint density at radius 3 is 2.57 bits per heavy atom. The molecule has 1 fully saturated rings. The van der Waals surface area contributed by atoms with Gasteiger partial charge in [-0.05, 0) is 36.6 Å². The average molecular weight is 400 g/mol. The number of fused-ring (bicyclic) bond motifs is 1. The third-order valence-corrected chi connectivity index (χ3v) is 5.97. The second-order valence-corrected chi connectivity index (χ2v) is 8.40. The van der Waals surface area contributed by atoms with Crippen molar-refractivity contribution in [2.24, 2.45) is 5.92 Å². The number of carbonyl (C=O) groups is 2. The van der Waals surface area contributed by atoms with Crippen LogP contribution in [-0.4, -0.2) is 45.3 Å². The van der Waals surface area contributed by atoms with Crippen LogP contribution in [0.15, 0.2) is 42.6 Å². The van der Waals surface area contributed by atoms with E-state index in [4.69, 9.17) is 11.6 Å². The number of aromatic nitrogens is 1. The molecule has 4 rings (SSSR count). The second kappa shape index (κ2) is 7.63. The fourth-order valence-electron chi connectivity index (χ4n) is 4.02. The Bertz CT molecular complexity index is 887. The van der Waals surface area contributed by atoms with Crippen molar-refractivity contribution >= 4 is 23.4 Å². The monoisotopic (exact) mass is 399 g/mol. The normalized spacial score (nSPS) is 18.9. The number of benzene rings is 1. The Morgan fingerprint density at radius 2 is 1.89 bits per heavy atom. The highest BCUT2D eigenvalue weighted by Gasteiger charge is 2.38. The summed E-state index contributed by atoms with van der Waals surface area (Å²) in [6.45, 7) is 5.27. The van der Waals surface area contributed by atoms with Crippen molar-refractivity contribution in [1.82, 2.24) is 14.4 Å². The summed E-state index contributed by atoms with van der Waals surface area (Å²) in [6, 6.07) is 11.7. The molecule has 1 aliphatic carbocycles. The fourth-order valence-corrected chi connectivity index (χ4v) is 4.26. The molecule has 2 aliphatic rings. The SMILES string of the molecule is CC(C)C(=O)N(CC(=O)N1CCn2cccc2[C@@H]1c1ccccc1Cl)C1CC1. The van der Waals surface area contributed by atoms with Gasteiger partial charge in [0.05, 0.1) is 6.04 Å². The van der Waals surface area contributed by atoms with Crippen LogP contribution in [0.3, 0.4) is 0 Å². The highest BCUT2D eigenvalue weighted by atomic mass is 35.5. The number of hydrogen-bond acceptors (Lipinski definition) is 2. The minimum Gasteiger partial charge on any atom is -0.348 e. The predicted molar refractivity (Wildman–Crippen MR) is 109 cm³/mol. The van der Waals surface area contributed by atoms with Gasteiger partial charge in [-0.15, -0.1) is 0 Å². The molecule has 0 N–H and O–H groups in total. The minimum absolute atomic E-state index is 0.0155. The lowest BCUT2D eigenvalue weighted by atomic mass is 9.99. The van der Waals surface area contributed by atoms with Crippen LogP contribution in [0, 0.1) is 5.92 Å². The number of carbonyl (C=O) groups excluding carboxylic acids is 2. The molecule has 1 aromatic heterocycles. The molecule has 1 aliphatic heterocycles. The number of halogens is 1. The van der Waals surface area contributed by atoms with Crippen LogP contribution in [0.1, 0.15) is 44.0 Å². The summed E-state index contributed by atoms with van der Waals surface area (Å²) in [6.07, 6.45) is 4.02. The molecule has 2 amide bonds. The summed E-state index contributed by atoms with van der Waals surface area (Å²) in [5, 5.41) is 0.650. The highest BCUT2D eigenvalue weighted by molar-refractivity contribution is 6.31. The van der Waals surface area contributed by atoms with E-state index >= 15 is 0 Å². The van der Waals surface area contributed by atoms with Gasteiger partial charge in [0.2, 0.25) is 11.8 Å². The van der Waals surface area contributed by atoms with E-state index in [0.29, 0.717) is 11.6 Å². The van der Waals surface area contributed by atoms with E-state index in [-0.39, 0.29) is 36.4 Å². The smallest absolute Gasteiger partial charge is 0.243 e. The number of rotatable bonds is 5. The Morgan fingerprint density at radius 1 is 1.14 bits per heavy atom. The number of amides is 2. The van der Waals surface area contributed by atoms with E-state index < -0.39 is 0 Å². The third-order valence-electron chi connectivity index (χ3n) is 5.63. The van der Waals surface area contributed by atoms with Crippen LogP contribution in [0.25, 0.3) is 0 Å². The van der Waals surface area contributed by atoms with E-state index in [1.54, 1.807) is 4.90 Å². The molecule has 2 aromatic rings.